The molecule has 126 valence electrons. The molecule has 24 heavy (non-hydrogen) atoms. The van der Waals surface area contributed by atoms with Crippen molar-refractivity contribution in [1.29, 1.82) is 0 Å². The molecule has 0 saturated heterocycles. The number of nitrogens with zero attached hydrogens (tertiary/aromatic N) is 1. The van der Waals surface area contributed by atoms with Gasteiger partial charge in [0, 0.05) is 23.4 Å². The second kappa shape index (κ2) is 7.12. The third kappa shape index (κ3) is 3.71. The summed E-state index contributed by atoms with van der Waals surface area (Å²) in [5.41, 5.74) is 2.90. The van der Waals surface area contributed by atoms with Crippen LogP contribution < -0.4 is 10.1 Å². The highest BCUT2D eigenvalue weighted by molar-refractivity contribution is 6.04. The van der Waals surface area contributed by atoms with Gasteiger partial charge in [0.25, 0.3) is 11.6 Å². The third-order valence-electron chi connectivity index (χ3n) is 3.79. The van der Waals surface area contributed by atoms with E-state index in [0.29, 0.717) is 11.3 Å². The summed E-state index contributed by atoms with van der Waals surface area (Å²) in [6.07, 6.45) is 0. The van der Waals surface area contributed by atoms with Crippen LogP contribution in [0.15, 0.2) is 36.4 Å². The number of anilines is 1. The van der Waals surface area contributed by atoms with Crippen molar-refractivity contribution in [2.75, 3.05) is 12.4 Å². The van der Waals surface area contributed by atoms with Crippen molar-refractivity contribution in [2.45, 2.75) is 26.7 Å². The Labute approximate surface area is 140 Å². The second-order valence-corrected chi connectivity index (χ2v) is 5.82. The van der Waals surface area contributed by atoms with E-state index in [0.717, 1.165) is 16.9 Å². The Bertz CT molecular complexity index is 767. The summed E-state index contributed by atoms with van der Waals surface area (Å²) < 4.78 is 5.39. The molecule has 1 amide bonds. The van der Waals surface area contributed by atoms with Crippen molar-refractivity contribution in [2.24, 2.45) is 0 Å². The maximum absolute atomic E-state index is 12.4. The van der Waals surface area contributed by atoms with Gasteiger partial charge in [-0.3, -0.25) is 14.9 Å². The lowest BCUT2D eigenvalue weighted by Gasteiger charge is -2.16. The first-order valence-corrected chi connectivity index (χ1v) is 7.57. The molecular weight excluding hydrogens is 308 g/mol. The molecule has 6 heteroatoms. The van der Waals surface area contributed by atoms with Crippen molar-refractivity contribution in [3.63, 3.8) is 0 Å². The molecule has 0 aliphatic carbocycles. The van der Waals surface area contributed by atoms with E-state index in [-0.39, 0.29) is 17.5 Å². The van der Waals surface area contributed by atoms with Crippen molar-refractivity contribution in [3.8, 4) is 5.75 Å². The normalized spacial score (nSPS) is 10.5. The molecule has 6 nitrogen and oxygen atoms in total. The zero-order valence-electron chi connectivity index (χ0n) is 14.1. The third-order valence-corrected chi connectivity index (χ3v) is 3.79. The second-order valence-electron chi connectivity index (χ2n) is 5.82. The number of amides is 1. The standard InChI is InChI=1S/C18H20N2O4/c1-11(2)15-10-16(12(3)9-17(15)24-4)19-18(21)13-5-7-14(8-6-13)20(22)23/h5-11H,1-4H3,(H,19,21). The average Bonchev–Trinajstić information content (AvgIpc) is 2.56. The summed E-state index contributed by atoms with van der Waals surface area (Å²) in [6.45, 7) is 5.99. The first kappa shape index (κ1) is 17.5. The fraction of sp³-hybridized carbons (Fsp3) is 0.278. The van der Waals surface area contributed by atoms with Crippen molar-refractivity contribution in [1.82, 2.24) is 0 Å². The number of nitro groups is 1. The van der Waals surface area contributed by atoms with E-state index in [9.17, 15) is 14.9 Å². The van der Waals surface area contributed by atoms with Gasteiger partial charge in [0.2, 0.25) is 0 Å². The number of methoxy groups -OCH3 is 1. The van der Waals surface area contributed by atoms with Crippen molar-refractivity contribution < 1.29 is 14.5 Å². The molecule has 0 fully saturated rings. The molecule has 0 radical (unpaired) electrons. The van der Waals surface area contributed by atoms with Crippen LogP contribution in [0, 0.1) is 17.0 Å². The van der Waals surface area contributed by atoms with Gasteiger partial charge in [-0.2, -0.15) is 0 Å². The minimum Gasteiger partial charge on any atom is -0.496 e. The van der Waals surface area contributed by atoms with Crippen LogP contribution in [0.25, 0.3) is 0 Å². The van der Waals surface area contributed by atoms with E-state index in [1.807, 2.05) is 19.1 Å². The van der Waals surface area contributed by atoms with Gasteiger partial charge >= 0.3 is 0 Å². The van der Waals surface area contributed by atoms with E-state index < -0.39 is 4.92 Å². The van der Waals surface area contributed by atoms with E-state index >= 15 is 0 Å². The average molecular weight is 328 g/mol. The Morgan fingerprint density at radius 1 is 1.21 bits per heavy atom. The zero-order chi connectivity index (χ0) is 17.9. The van der Waals surface area contributed by atoms with E-state index in [4.69, 9.17) is 4.74 Å². The number of carbonyl (C=O) groups excluding carboxylic acids is 1. The lowest BCUT2D eigenvalue weighted by Crippen LogP contribution is -2.13. The molecular formula is C18H20N2O4. The molecule has 0 spiro atoms. The molecule has 0 bridgehead atoms. The monoisotopic (exact) mass is 328 g/mol. The quantitative estimate of drug-likeness (QED) is 0.656. The topological polar surface area (TPSA) is 81.5 Å². The van der Waals surface area contributed by atoms with Gasteiger partial charge in [0.05, 0.1) is 12.0 Å². The summed E-state index contributed by atoms with van der Waals surface area (Å²) in [5.74, 6) is 0.722. The number of nitro benzene ring substituents is 1. The van der Waals surface area contributed by atoms with Gasteiger partial charge in [-0.15, -0.1) is 0 Å². The minimum absolute atomic E-state index is 0.0470. The highest BCUT2D eigenvalue weighted by Gasteiger charge is 2.14. The van der Waals surface area contributed by atoms with Crippen LogP contribution in [-0.4, -0.2) is 17.9 Å². The summed E-state index contributed by atoms with van der Waals surface area (Å²) in [6, 6.07) is 9.30. The van der Waals surface area contributed by atoms with Gasteiger partial charge in [-0.05, 0) is 48.2 Å². The summed E-state index contributed by atoms with van der Waals surface area (Å²) in [4.78, 5) is 22.5. The number of rotatable bonds is 5. The molecule has 0 aliphatic heterocycles. The number of carbonyl (C=O) groups is 1. The van der Waals surface area contributed by atoms with E-state index in [1.165, 1.54) is 24.3 Å². The lowest BCUT2D eigenvalue weighted by atomic mass is 9.99. The maximum atomic E-state index is 12.4. The van der Waals surface area contributed by atoms with Crippen LogP contribution in [0.1, 0.15) is 41.3 Å². The number of hydrogen-bond acceptors (Lipinski definition) is 4. The van der Waals surface area contributed by atoms with Gasteiger partial charge < -0.3 is 10.1 Å². The largest absolute Gasteiger partial charge is 0.496 e. The van der Waals surface area contributed by atoms with Crippen LogP contribution in [-0.2, 0) is 0 Å². The molecule has 2 rings (SSSR count). The maximum Gasteiger partial charge on any atom is 0.269 e. The smallest absolute Gasteiger partial charge is 0.269 e. The molecule has 0 aromatic heterocycles. The molecule has 2 aromatic carbocycles. The number of benzene rings is 2. The molecule has 2 aromatic rings. The molecule has 1 N–H and O–H groups in total. The SMILES string of the molecule is COc1cc(C)c(NC(=O)c2ccc([N+](=O)[O-])cc2)cc1C(C)C. The highest BCUT2D eigenvalue weighted by atomic mass is 16.6. The number of non-ortho nitro benzene ring substituents is 1. The lowest BCUT2D eigenvalue weighted by molar-refractivity contribution is -0.384. The summed E-state index contributed by atoms with van der Waals surface area (Å²) in [7, 11) is 1.62. The Kier molecular flexibility index (Phi) is 5.18. The number of hydrogen-bond donors (Lipinski definition) is 1. The van der Waals surface area contributed by atoms with Gasteiger partial charge in [-0.1, -0.05) is 13.8 Å². The van der Waals surface area contributed by atoms with Gasteiger partial charge in [0.1, 0.15) is 5.75 Å². The Balaban J connectivity index is 2.28. The minimum atomic E-state index is -0.496. The predicted molar refractivity (Wildman–Crippen MR) is 92.9 cm³/mol. The fourth-order valence-electron chi connectivity index (χ4n) is 2.39. The highest BCUT2D eigenvalue weighted by Crippen LogP contribution is 2.32. The predicted octanol–water partition coefficient (Wildman–Crippen LogP) is 4.29. The van der Waals surface area contributed by atoms with Crippen molar-refractivity contribution >= 4 is 17.3 Å². The van der Waals surface area contributed by atoms with Crippen LogP contribution in [0.2, 0.25) is 0 Å². The molecule has 0 heterocycles. The number of ether oxygens (including phenoxy) is 1. The first-order valence-electron chi connectivity index (χ1n) is 7.57. The van der Waals surface area contributed by atoms with Crippen LogP contribution in [0.4, 0.5) is 11.4 Å². The van der Waals surface area contributed by atoms with Crippen LogP contribution in [0.5, 0.6) is 5.75 Å². The molecule has 0 aliphatic rings. The Hall–Kier alpha value is -2.89. The number of aryl methyl sites for hydroxylation is 1. The van der Waals surface area contributed by atoms with Gasteiger partial charge in [0.15, 0.2) is 0 Å². The van der Waals surface area contributed by atoms with Crippen LogP contribution >= 0.6 is 0 Å². The zero-order valence-corrected chi connectivity index (χ0v) is 14.1. The van der Waals surface area contributed by atoms with Crippen LogP contribution in [0.3, 0.4) is 0 Å². The molecule has 0 atom stereocenters. The first-order chi connectivity index (χ1) is 11.3. The fourth-order valence-corrected chi connectivity index (χ4v) is 2.39. The van der Waals surface area contributed by atoms with E-state index in [2.05, 4.69) is 19.2 Å². The Morgan fingerprint density at radius 3 is 2.33 bits per heavy atom. The summed E-state index contributed by atoms with van der Waals surface area (Å²) in [5, 5.41) is 13.5. The van der Waals surface area contributed by atoms with E-state index in [1.54, 1.807) is 7.11 Å². The Morgan fingerprint density at radius 2 is 1.83 bits per heavy atom. The number of nitrogens with one attached hydrogen (secondary N) is 1. The molecule has 0 unspecified atom stereocenters. The summed E-state index contributed by atoms with van der Waals surface area (Å²) >= 11 is 0. The molecule has 0 saturated carbocycles. The van der Waals surface area contributed by atoms with Gasteiger partial charge in [-0.25, -0.2) is 0 Å². The van der Waals surface area contributed by atoms with Crippen molar-refractivity contribution in [3.05, 3.63) is 63.2 Å².